The van der Waals surface area contributed by atoms with Gasteiger partial charge in [0, 0.05) is 13.1 Å². The highest BCUT2D eigenvalue weighted by atomic mass is 16.5. The van der Waals surface area contributed by atoms with E-state index in [0.717, 1.165) is 11.1 Å². The van der Waals surface area contributed by atoms with Gasteiger partial charge < -0.3 is 20.1 Å². The molecule has 1 aliphatic rings. The molecule has 2 aromatic rings. The third-order valence-electron chi connectivity index (χ3n) is 4.57. The maximum absolute atomic E-state index is 11.7. The first-order valence-electron chi connectivity index (χ1n) is 8.67. The van der Waals surface area contributed by atoms with Crippen LogP contribution in [0.2, 0.25) is 0 Å². The summed E-state index contributed by atoms with van der Waals surface area (Å²) in [6, 6.07) is 5.96. The fraction of sp³-hybridized carbons (Fsp3) is 0.421. The topological polar surface area (TPSA) is 90.6 Å². The lowest BCUT2D eigenvalue weighted by Gasteiger charge is -2.32. The van der Waals surface area contributed by atoms with E-state index < -0.39 is 0 Å². The van der Waals surface area contributed by atoms with E-state index in [1.807, 2.05) is 26.0 Å². The first kappa shape index (κ1) is 18.0. The summed E-state index contributed by atoms with van der Waals surface area (Å²) in [5.41, 5.74) is 8.90. The molecular formula is C19H24N4O3. The number of nitrogens with zero attached hydrogens (tertiary/aromatic N) is 3. The van der Waals surface area contributed by atoms with Crippen LogP contribution in [-0.2, 0) is 9.53 Å². The number of ether oxygens (including phenoxy) is 2. The molecule has 1 saturated heterocycles. The second-order valence-corrected chi connectivity index (χ2v) is 6.63. The molecule has 1 fully saturated rings. The number of hydrogen-bond donors (Lipinski definition) is 1. The Morgan fingerprint density at radius 2 is 1.81 bits per heavy atom. The molecule has 0 aliphatic carbocycles. The Balaban J connectivity index is 1.76. The predicted molar refractivity (Wildman–Crippen MR) is 99.4 cm³/mol. The summed E-state index contributed by atoms with van der Waals surface area (Å²) < 4.78 is 10.7. The Kier molecular flexibility index (Phi) is 5.25. The number of nitrogens with two attached hydrogens (primary N) is 1. The molecule has 3 rings (SSSR count). The second kappa shape index (κ2) is 7.59. The summed E-state index contributed by atoms with van der Waals surface area (Å²) in [5, 5.41) is 0. The highest BCUT2D eigenvalue weighted by molar-refractivity contribution is 5.73. The van der Waals surface area contributed by atoms with Gasteiger partial charge in [-0.15, -0.1) is 0 Å². The van der Waals surface area contributed by atoms with Crippen LogP contribution in [-0.4, -0.2) is 36.1 Å². The van der Waals surface area contributed by atoms with E-state index in [4.69, 9.17) is 15.2 Å². The SMILES string of the molecule is COC(=O)C1CCN(c2ncnc(Oc3cc(C)cc(C)c3)c2N)CC1. The Morgan fingerprint density at radius 3 is 2.42 bits per heavy atom. The van der Waals surface area contributed by atoms with Crippen LogP contribution in [0.1, 0.15) is 24.0 Å². The van der Waals surface area contributed by atoms with Crippen LogP contribution in [0, 0.1) is 19.8 Å². The Labute approximate surface area is 153 Å². The minimum absolute atomic E-state index is 0.0645. The molecule has 0 atom stereocenters. The summed E-state index contributed by atoms with van der Waals surface area (Å²) in [6.45, 7) is 5.40. The average molecular weight is 356 g/mol. The van der Waals surface area contributed by atoms with E-state index in [1.165, 1.54) is 13.4 Å². The van der Waals surface area contributed by atoms with Crippen LogP contribution < -0.4 is 15.4 Å². The van der Waals surface area contributed by atoms with E-state index in [1.54, 1.807) is 0 Å². The molecule has 2 N–H and O–H groups in total. The van der Waals surface area contributed by atoms with Gasteiger partial charge in [0.25, 0.3) is 0 Å². The van der Waals surface area contributed by atoms with Crippen molar-refractivity contribution >= 4 is 17.5 Å². The van der Waals surface area contributed by atoms with Crippen molar-refractivity contribution in [2.24, 2.45) is 5.92 Å². The number of carbonyl (C=O) groups is 1. The molecule has 1 aromatic heterocycles. The van der Waals surface area contributed by atoms with Crippen LogP contribution in [0.15, 0.2) is 24.5 Å². The molecule has 0 spiro atoms. The first-order valence-corrected chi connectivity index (χ1v) is 8.67. The fourth-order valence-electron chi connectivity index (χ4n) is 3.30. The average Bonchev–Trinajstić information content (AvgIpc) is 2.62. The normalized spacial score (nSPS) is 15.0. The third-order valence-corrected chi connectivity index (χ3v) is 4.57. The van der Waals surface area contributed by atoms with Crippen LogP contribution in [0.25, 0.3) is 0 Å². The molecule has 138 valence electrons. The van der Waals surface area contributed by atoms with Crippen LogP contribution in [0.4, 0.5) is 11.5 Å². The number of methoxy groups -OCH3 is 1. The molecule has 2 heterocycles. The molecule has 26 heavy (non-hydrogen) atoms. The van der Waals surface area contributed by atoms with E-state index in [-0.39, 0.29) is 11.9 Å². The van der Waals surface area contributed by atoms with Crippen molar-refractivity contribution in [3.8, 4) is 11.6 Å². The molecule has 1 aromatic carbocycles. The van der Waals surface area contributed by atoms with Crippen molar-refractivity contribution < 1.29 is 14.3 Å². The number of rotatable bonds is 4. The zero-order valence-electron chi connectivity index (χ0n) is 15.4. The minimum Gasteiger partial charge on any atom is -0.469 e. The lowest BCUT2D eigenvalue weighted by atomic mass is 9.97. The molecular weight excluding hydrogens is 332 g/mol. The van der Waals surface area contributed by atoms with E-state index >= 15 is 0 Å². The highest BCUT2D eigenvalue weighted by Crippen LogP contribution is 2.34. The van der Waals surface area contributed by atoms with Crippen molar-refractivity contribution in [1.29, 1.82) is 0 Å². The zero-order chi connectivity index (χ0) is 18.7. The summed E-state index contributed by atoms with van der Waals surface area (Å²) >= 11 is 0. The van der Waals surface area contributed by atoms with Crippen molar-refractivity contribution in [1.82, 2.24) is 9.97 Å². The van der Waals surface area contributed by atoms with E-state index in [2.05, 4.69) is 20.9 Å². The number of hydrogen-bond acceptors (Lipinski definition) is 7. The van der Waals surface area contributed by atoms with Gasteiger partial charge >= 0.3 is 5.97 Å². The number of benzene rings is 1. The third kappa shape index (κ3) is 3.87. The first-order chi connectivity index (χ1) is 12.5. The van der Waals surface area contributed by atoms with Gasteiger partial charge in [0.15, 0.2) is 5.82 Å². The second-order valence-electron chi connectivity index (χ2n) is 6.63. The summed E-state index contributed by atoms with van der Waals surface area (Å²) in [7, 11) is 1.42. The maximum Gasteiger partial charge on any atom is 0.308 e. The summed E-state index contributed by atoms with van der Waals surface area (Å²) in [4.78, 5) is 22.2. The number of carbonyl (C=O) groups excluding carboxylic acids is 1. The Hall–Kier alpha value is -2.83. The van der Waals surface area contributed by atoms with Gasteiger partial charge in [-0.3, -0.25) is 4.79 Å². The Morgan fingerprint density at radius 1 is 1.15 bits per heavy atom. The minimum atomic E-state index is -0.154. The molecule has 0 bridgehead atoms. The van der Waals surface area contributed by atoms with Gasteiger partial charge in [0.1, 0.15) is 17.8 Å². The number of nitrogen functional groups attached to an aromatic ring is 1. The predicted octanol–water partition coefficient (Wildman–Crippen LogP) is 2.86. The molecule has 7 heteroatoms. The number of aromatic nitrogens is 2. The number of anilines is 2. The van der Waals surface area contributed by atoms with Crippen LogP contribution >= 0.6 is 0 Å². The number of piperidine rings is 1. The van der Waals surface area contributed by atoms with Crippen LogP contribution in [0.3, 0.4) is 0 Å². The van der Waals surface area contributed by atoms with Gasteiger partial charge in [0.05, 0.1) is 13.0 Å². The lowest BCUT2D eigenvalue weighted by Crippen LogP contribution is -2.37. The highest BCUT2D eigenvalue weighted by Gasteiger charge is 2.27. The van der Waals surface area contributed by atoms with Crippen molar-refractivity contribution in [2.75, 3.05) is 30.8 Å². The van der Waals surface area contributed by atoms with Crippen molar-refractivity contribution in [3.05, 3.63) is 35.7 Å². The van der Waals surface area contributed by atoms with Gasteiger partial charge in [0.2, 0.25) is 5.88 Å². The monoisotopic (exact) mass is 356 g/mol. The molecule has 0 radical (unpaired) electrons. The van der Waals surface area contributed by atoms with Gasteiger partial charge in [-0.1, -0.05) is 6.07 Å². The molecule has 7 nitrogen and oxygen atoms in total. The van der Waals surface area contributed by atoms with Crippen molar-refractivity contribution in [3.63, 3.8) is 0 Å². The number of aryl methyl sites for hydroxylation is 2. The maximum atomic E-state index is 11.7. The Bertz CT molecular complexity index is 781. The summed E-state index contributed by atoms with van der Waals surface area (Å²) in [5.74, 6) is 1.46. The van der Waals surface area contributed by atoms with Gasteiger partial charge in [-0.25, -0.2) is 4.98 Å². The summed E-state index contributed by atoms with van der Waals surface area (Å²) in [6.07, 6.45) is 2.88. The zero-order valence-corrected chi connectivity index (χ0v) is 15.4. The quantitative estimate of drug-likeness (QED) is 0.842. The largest absolute Gasteiger partial charge is 0.469 e. The van der Waals surface area contributed by atoms with Gasteiger partial charge in [-0.2, -0.15) is 4.98 Å². The molecule has 0 unspecified atom stereocenters. The standard InChI is InChI=1S/C19H24N4O3/c1-12-8-13(2)10-15(9-12)26-18-16(20)17(21-11-22-18)23-6-4-14(5-7-23)19(24)25-3/h8-11,14H,4-7,20H2,1-3H3. The fourth-order valence-corrected chi connectivity index (χ4v) is 3.30. The van der Waals surface area contributed by atoms with Crippen molar-refractivity contribution in [2.45, 2.75) is 26.7 Å². The lowest BCUT2D eigenvalue weighted by molar-refractivity contribution is -0.146. The molecule has 1 aliphatic heterocycles. The molecule has 0 amide bonds. The van der Waals surface area contributed by atoms with E-state index in [0.29, 0.717) is 49.1 Å². The van der Waals surface area contributed by atoms with E-state index in [9.17, 15) is 4.79 Å². The smallest absolute Gasteiger partial charge is 0.308 e. The van der Waals surface area contributed by atoms with Crippen LogP contribution in [0.5, 0.6) is 11.6 Å². The molecule has 0 saturated carbocycles. The number of esters is 1. The van der Waals surface area contributed by atoms with Gasteiger partial charge in [-0.05, 0) is 49.9 Å².